The van der Waals surface area contributed by atoms with Gasteiger partial charge >= 0.3 is 5.97 Å². The average Bonchev–Trinajstić information content (AvgIpc) is 3.28. The molecule has 2 N–H and O–H groups in total. The van der Waals surface area contributed by atoms with Gasteiger partial charge in [-0.1, -0.05) is 13.0 Å². The molecule has 0 fully saturated rings. The maximum atomic E-state index is 12.4. The molecule has 148 valence electrons. The molecule has 0 amide bonds. The number of carbonyl (C=O) groups excluding carboxylic acids is 1. The van der Waals surface area contributed by atoms with Gasteiger partial charge in [0.05, 0.1) is 12.7 Å². The number of fused-ring (bicyclic) bond motifs is 2. The monoisotopic (exact) mass is 418 g/mol. The number of carbonyl (C=O) groups is 1. The van der Waals surface area contributed by atoms with Gasteiger partial charge in [-0.3, -0.25) is 0 Å². The van der Waals surface area contributed by atoms with Crippen LogP contribution in [-0.4, -0.2) is 25.0 Å². The van der Waals surface area contributed by atoms with Crippen LogP contribution in [0.15, 0.2) is 18.2 Å². The summed E-state index contributed by atoms with van der Waals surface area (Å²) in [7, 11) is 1.41. The van der Waals surface area contributed by atoms with Crippen molar-refractivity contribution in [3.63, 3.8) is 0 Å². The zero-order valence-corrected chi connectivity index (χ0v) is 17.4. The second-order valence-corrected chi connectivity index (χ2v) is 8.56. The second kappa shape index (κ2) is 7.97. The van der Waals surface area contributed by atoms with Crippen LogP contribution in [0.2, 0.25) is 0 Å². The Hall–Kier alpha value is -2.32. The lowest BCUT2D eigenvalue weighted by atomic mass is 9.88. The molecule has 4 rings (SSSR count). The number of nitrogens with one attached hydrogen (secondary N) is 2. The molecule has 28 heavy (non-hydrogen) atoms. The molecule has 1 aromatic heterocycles. The van der Waals surface area contributed by atoms with Crippen molar-refractivity contribution in [2.45, 2.75) is 32.7 Å². The zero-order chi connectivity index (χ0) is 19.7. The van der Waals surface area contributed by atoms with E-state index in [1.807, 2.05) is 18.2 Å². The molecule has 2 aromatic rings. The van der Waals surface area contributed by atoms with Crippen LogP contribution in [0, 0.1) is 5.92 Å². The van der Waals surface area contributed by atoms with Gasteiger partial charge in [-0.25, -0.2) is 4.79 Å². The summed E-state index contributed by atoms with van der Waals surface area (Å²) in [5.41, 5.74) is 2.76. The fourth-order valence-electron chi connectivity index (χ4n) is 3.54. The van der Waals surface area contributed by atoms with Gasteiger partial charge in [0, 0.05) is 11.4 Å². The van der Waals surface area contributed by atoms with E-state index in [9.17, 15) is 4.79 Å². The third-order valence-electron chi connectivity index (χ3n) is 5.02. The van der Waals surface area contributed by atoms with E-state index in [0.29, 0.717) is 23.1 Å². The van der Waals surface area contributed by atoms with Crippen LogP contribution in [0.3, 0.4) is 0 Å². The first-order valence-electron chi connectivity index (χ1n) is 9.21. The number of anilines is 1. The summed E-state index contributed by atoms with van der Waals surface area (Å²) < 4.78 is 15.8. The molecule has 0 saturated carbocycles. The minimum absolute atomic E-state index is 0.254. The van der Waals surface area contributed by atoms with Gasteiger partial charge in [0.15, 0.2) is 16.6 Å². The molecule has 1 unspecified atom stereocenters. The molecule has 0 saturated heterocycles. The number of rotatable bonds is 4. The topological polar surface area (TPSA) is 68.8 Å². The van der Waals surface area contributed by atoms with Crippen LogP contribution in [0.5, 0.6) is 11.5 Å². The van der Waals surface area contributed by atoms with Crippen molar-refractivity contribution >= 4 is 39.6 Å². The fraction of sp³-hybridized carbons (Fsp3) is 0.400. The molecule has 0 radical (unpaired) electrons. The standard InChI is InChI=1S/C20H22N2O4S2/c1-11-3-5-13-16(7-11)28-18(17(13)19(23)24-2)22-20(27)21-9-12-4-6-14-15(8-12)26-10-25-14/h4,6,8,11H,3,5,7,9-10H2,1-2H3,(H2,21,22,27). The Kier molecular flexibility index (Phi) is 5.41. The van der Waals surface area contributed by atoms with E-state index in [0.717, 1.165) is 46.9 Å². The Bertz CT molecular complexity index is 925. The van der Waals surface area contributed by atoms with E-state index < -0.39 is 0 Å². The normalized spacial score (nSPS) is 17.0. The second-order valence-electron chi connectivity index (χ2n) is 7.04. The summed E-state index contributed by atoms with van der Waals surface area (Å²) in [5, 5.41) is 7.62. The van der Waals surface area contributed by atoms with Crippen LogP contribution in [0.25, 0.3) is 0 Å². The lowest BCUT2D eigenvalue weighted by molar-refractivity contribution is 0.0601. The maximum Gasteiger partial charge on any atom is 0.341 e. The first-order valence-corrected chi connectivity index (χ1v) is 10.4. The number of esters is 1. The van der Waals surface area contributed by atoms with Crippen LogP contribution < -0.4 is 20.1 Å². The van der Waals surface area contributed by atoms with Gasteiger partial charge in [0.25, 0.3) is 0 Å². The van der Waals surface area contributed by atoms with Gasteiger partial charge in [-0.15, -0.1) is 11.3 Å². The van der Waals surface area contributed by atoms with Crippen molar-refractivity contribution in [1.29, 1.82) is 0 Å². The SMILES string of the molecule is COC(=O)c1c(NC(=S)NCc2ccc3c(c2)OCO3)sc2c1CCC(C)C2. The Labute approximate surface area is 173 Å². The molecule has 0 bridgehead atoms. The molecule has 8 heteroatoms. The van der Waals surface area contributed by atoms with Crippen LogP contribution in [-0.2, 0) is 24.1 Å². The van der Waals surface area contributed by atoms with E-state index in [1.165, 1.54) is 12.0 Å². The number of hydrogen-bond donors (Lipinski definition) is 2. The smallest absolute Gasteiger partial charge is 0.341 e. The molecule has 2 aliphatic rings. The van der Waals surface area contributed by atoms with E-state index >= 15 is 0 Å². The number of ether oxygens (including phenoxy) is 3. The predicted octanol–water partition coefficient (Wildman–Crippen LogP) is 3.87. The average molecular weight is 419 g/mol. The number of thiophene rings is 1. The third-order valence-corrected chi connectivity index (χ3v) is 6.43. The van der Waals surface area contributed by atoms with Crippen LogP contribution in [0.4, 0.5) is 5.00 Å². The number of hydrogen-bond acceptors (Lipinski definition) is 6. The number of thiocarbonyl (C=S) groups is 1. The van der Waals surface area contributed by atoms with Gasteiger partial charge < -0.3 is 24.8 Å². The Morgan fingerprint density at radius 1 is 1.36 bits per heavy atom. The summed E-state index contributed by atoms with van der Waals surface area (Å²) in [6.07, 6.45) is 2.97. The third kappa shape index (κ3) is 3.79. The minimum atomic E-state index is -0.312. The lowest BCUT2D eigenvalue weighted by Crippen LogP contribution is -2.28. The largest absolute Gasteiger partial charge is 0.465 e. The van der Waals surface area contributed by atoms with Crippen molar-refractivity contribution in [3.05, 3.63) is 39.8 Å². The Morgan fingerprint density at radius 2 is 2.18 bits per heavy atom. The van der Waals surface area contributed by atoms with E-state index in [-0.39, 0.29) is 12.8 Å². The molecule has 1 aliphatic carbocycles. The van der Waals surface area contributed by atoms with E-state index in [2.05, 4.69) is 17.6 Å². The van der Waals surface area contributed by atoms with Crippen LogP contribution in [0.1, 0.15) is 39.7 Å². The molecule has 1 atom stereocenters. The van der Waals surface area contributed by atoms with Gasteiger partial charge in [0.2, 0.25) is 6.79 Å². The predicted molar refractivity (Wildman–Crippen MR) is 112 cm³/mol. The lowest BCUT2D eigenvalue weighted by Gasteiger charge is -2.18. The minimum Gasteiger partial charge on any atom is -0.465 e. The first-order chi connectivity index (χ1) is 13.5. The highest BCUT2D eigenvalue weighted by atomic mass is 32.1. The number of benzene rings is 1. The summed E-state index contributed by atoms with van der Waals surface area (Å²) in [4.78, 5) is 13.6. The van der Waals surface area contributed by atoms with E-state index in [4.69, 9.17) is 26.4 Å². The molecular formula is C20H22N2O4S2. The fourth-order valence-corrected chi connectivity index (χ4v) is 5.18. The van der Waals surface area contributed by atoms with Crippen molar-refractivity contribution in [3.8, 4) is 11.5 Å². The van der Waals surface area contributed by atoms with Crippen LogP contribution >= 0.6 is 23.6 Å². The molecule has 6 nitrogen and oxygen atoms in total. The summed E-state index contributed by atoms with van der Waals surface area (Å²) in [6, 6.07) is 5.79. The maximum absolute atomic E-state index is 12.4. The number of methoxy groups -OCH3 is 1. The van der Waals surface area contributed by atoms with Gasteiger partial charge in [-0.2, -0.15) is 0 Å². The van der Waals surface area contributed by atoms with Crippen molar-refractivity contribution in [2.24, 2.45) is 5.92 Å². The Balaban J connectivity index is 1.46. The molecule has 1 aromatic carbocycles. The zero-order valence-electron chi connectivity index (χ0n) is 15.8. The Morgan fingerprint density at radius 3 is 3.00 bits per heavy atom. The molecule has 1 aliphatic heterocycles. The summed E-state index contributed by atoms with van der Waals surface area (Å²) in [6.45, 7) is 3.04. The highest BCUT2D eigenvalue weighted by Crippen LogP contribution is 2.40. The van der Waals surface area contributed by atoms with Crippen molar-refractivity contribution in [2.75, 3.05) is 19.2 Å². The van der Waals surface area contributed by atoms with Crippen molar-refractivity contribution in [1.82, 2.24) is 5.32 Å². The molecular weight excluding hydrogens is 396 g/mol. The quantitative estimate of drug-likeness (QED) is 0.577. The first kappa shape index (κ1) is 19.0. The highest BCUT2D eigenvalue weighted by Gasteiger charge is 2.28. The van der Waals surface area contributed by atoms with Crippen molar-refractivity contribution < 1.29 is 19.0 Å². The molecule has 0 spiro atoms. The van der Waals surface area contributed by atoms with E-state index in [1.54, 1.807) is 11.3 Å². The van der Waals surface area contributed by atoms with Gasteiger partial charge in [-0.05, 0) is 60.7 Å². The summed E-state index contributed by atoms with van der Waals surface area (Å²) in [5.74, 6) is 1.81. The summed E-state index contributed by atoms with van der Waals surface area (Å²) >= 11 is 7.06. The van der Waals surface area contributed by atoms with Gasteiger partial charge in [0.1, 0.15) is 5.00 Å². The molecule has 2 heterocycles. The highest BCUT2D eigenvalue weighted by molar-refractivity contribution is 7.80.